The number of benzene rings is 7. The molecule has 0 aliphatic carbocycles. The van der Waals surface area contributed by atoms with Gasteiger partial charge in [-0.3, -0.25) is 4.18 Å². The highest BCUT2D eigenvalue weighted by molar-refractivity contribution is 7.87. The van der Waals surface area contributed by atoms with E-state index in [-0.39, 0.29) is 31.8 Å². The van der Waals surface area contributed by atoms with Crippen LogP contribution in [0.3, 0.4) is 0 Å². The molecule has 0 aliphatic rings. The van der Waals surface area contributed by atoms with Crippen LogP contribution in [0, 0.1) is 0 Å². The number of hydrogen-bond acceptors (Lipinski definition) is 11. The maximum absolute atomic E-state index is 14.2. The molecule has 7 rings (SSSR count). The molecule has 0 aliphatic heterocycles. The van der Waals surface area contributed by atoms with Gasteiger partial charge in [0.1, 0.15) is 18.6 Å². The van der Waals surface area contributed by atoms with Crippen molar-refractivity contribution in [3.63, 3.8) is 0 Å². The van der Waals surface area contributed by atoms with E-state index in [2.05, 4.69) is 5.16 Å². The summed E-state index contributed by atoms with van der Waals surface area (Å²) in [5, 5.41) is 3.22. The van der Waals surface area contributed by atoms with Crippen molar-refractivity contribution < 1.29 is 46.0 Å². The third-order valence-electron chi connectivity index (χ3n) is 10.0. The Hall–Kier alpha value is -6.80. The minimum absolute atomic E-state index is 0.0228. The molecule has 3 atom stereocenters. The van der Waals surface area contributed by atoms with E-state index in [1.165, 1.54) is 43.5 Å². The number of rotatable bonds is 17. The van der Waals surface area contributed by atoms with Gasteiger partial charge in [0, 0.05) is 0 Å². The fourth-order valence-corrected chi connectivity index (χ4v) is 8.71. The second-order valence-corrected chi connectivity index (χ2v) is 17.2. The van der Waals surface area contributed by atoms with Crippen LogP contribution >= 0.6 is 34.8 Å². The Kier molecular flexibility index (Phi) is 15.7. The SMILES string of the molecule is CO/N=C\[C@@H](OC(=O)c1ccc(-c2ccccc2)cc1)[C@@H](OC(=O)c1ccc(-c2ccccc2)cc1)[C@H](COC(=O)c1ccc(-c2ccccc2)cc1)OS(=O)(=O)c1cc(Cl)c(Cl)cc1Cl. The van der Waals surface area contributed by atoms with E-state index in [1.807, 2.05) is 91.0 Å². The van der Waals surface area contributed by atoms with E-state index in [1.54, 1.807) is 36.4 Å². The minimum atomic E-state index is -5.00. The van der Waals surface area contributed by atoms with Crippen LogP contribution in [0.5, 0.6) is 0 Å². The molecule has 0 saturated carbocycles. The Morgan fingerprint density at radius 2 is 0.924 bits per heavy atom. The molecule has 0 saturated heterocycles. The Labute approximate surface area is 396 Å². The number of halogens is 3. The zero-order valence-corrected chi connectivity index (χ0v) is 37.9. The first-order valence-electron chi connectivity index (χ1n) is 20.1. The van der Waals surface area contributed by atoms with Crippen LogP contribution in [0.2, 0.25) is 15.1 Å². The monoisotopic (exact) mass is 961 g/mol. The van der Waals surface area contributed by atoms with Gasteiger partial charge in [-0.05, 0) is 81.9 Å². The number of oxime groups is 1. The van der Waals surface area contributed by atoms with Gasteiger partial charge in [0.2, 0.25) is 0 Å². The predicted octanol–water partition coefficient (Wildman–Crippen LogP) is 11.7. The Balaban J connectivity index is 1.26. The molecule has 0 radical (unpaired) electrons. The average Bonchev–Trinajstić information content (AvgIpc) is 3.35. The predicted molar refractivity (Wildman–Crippen MR) is 253 cm³/mol. The summed E-state index contributed by atoms with van der Waals surface area (Å²) in [6.07, 6.45) is -4.68. The summed E-state index contributed by atoms with van der Waals surface area (Å²) in [4.78, 5) is 46.2. The molecule has 334 valence electrons. The summed E-state index contributed by atoms with van der Waals surface area (Å²) >= 11 is 18.7. The van der Waals surface area contributed by atoms with Crippen LogP contribution in [0.1, 0.15) is 31.1 Å². The van der Waals surface area contributed by atoms with Crippen LogP contribution in [0.25, 0.3) is 33.4 Å². The van der Waals surface area contributed by atoms with E-state index >= 15 is 0 Å². The summed E-state index contributed by atoms with van der Waals surface area (Å²) < 4.78 is 51.9. The van der Waals surface area contributed by atoms with E-state index in [0.717, 1.165) is 51.7 Å². The zero-order valence-electron chi connectivity index (χ0n) is 34.8. The molecule has 7 aromatic carbocycles. The van der Waals surface area contributed by atoms with E-state index < -0.39 is 57.8 Å². The highest BCUT2D eigenvalue weighted by Crippen LogP contribution is 2.34. The maximum atomic E-state index is 14.2. The van der Waals surface area contributed by atoms with Crippen molar-refractivity contribution in [2.24, 2.45) is 5.16 Å². The second-order valence-electron chi connectivity index (χ2n) is 14.4. The topological polar surface area (TPSA) is 144 Å². The first-order chi connectivity index (χ1) is 31.9. The standard InChI is InChI=1S/C51H38Cl3NO10S/c1-61-55-31-45(63-50(57)40-25-19-37(20-26-40)34-13-7-3-8-14-34)48(64-51(58)41-27-21-38(22-28-41)35-15-9-4-10-16-35)46(65-66(59,60)47-30-43(53)42(52)29-44(47)54)32-62-49(56)39-23-17-36(18-24-39)33-11-5-2-6-12-33/h2-31,45-46,48H,32H2,1H3/b55-31-/t45-,46+,48-/m1/s1. The lowest BCUT2D eigenvalue weighted by atomic mass is 10.0. The van der Waals surface area contributed by atoms with Gasteiger partial charge in [0.25, 0.3) is 10.1 Å². The van der Waals surface area contributed by atoms with Crippen molar-refractivity contribution >= 4 is 69.0 Å². The lowest BCUT2D eigenvalue weighted by Crippen LogP contribution is -2.48. The summed E-state index contributed by atoms with van der Waals surface area (Å²) in [5.41, 5.74) is 5.29. The molecule has 0 amide bonds. The van der Waals surface area contributed by atoms with E-state index in [4.69, 9.17) is 58.0 Å². The fraction of sp³-hybridized carbons (Fsp3) is 0.0980. The fourth-order valence-electron chi connectivity index (χ4n) is 6.66. The normalized spacial score (nSPS) is 12.7. The molecule has 11 nitrogen and oxygen atoms in total. The number of nitrogens with zero attached hydrogens (tertiary/aromatic N) is 1. The van der Waals surface area contributed by atoms with Gasteiger partial charge in [-0.25, -0.2) is 14.4 Å². The van der Waals surface area contributed by atoms with Crippen LogP contribution in [-0.2, 0) is 33.3 Å². The van der Waals surface area contributed by atoms with E-state index in [0.29, 0.717) is 0 Å². The third-order valence-corrected chi connectivity index (χ3v) is 12.6. The first kappa shape index (κ1) is 47.2. The Morgan fingerprint density at radius 1 is 0.530 bits per heavy atom. The van der Waals surface area contributed by atoms with Crippen molar-refractivity contribution in [3.05, 3.63) is 208 Å². The molecular weight excluding hydrogens is 925 g/mol. The van der Waals surface area contributed by atoms with Crippen LogP contribution in [0.15, 0.2) is 186 Å². The molecule has 0 unspecified atom stereocenters. The van der Waals surface area contributed by atoms with Crippen molar-refractivity contribution in [2.75, 3.05) is 13.7 Å². The summed E-state index contributed by atoms with van der Waals surface area (Å²) in [5.74, 6) is -2.83. The van der Waals surface area contributed by atoms with Crippen molar-refractivity contribution in [3.8, 4) is 33.4 Å². The molecule has 15 heteroatoms. The smallest absolute Gasteiger partial charge is 0.338 e. The van der Waals surface area contributed by atoms with Gasteiger partial charge >= 0.3 is 17.9 Å². The van der Waals surface area contributed by atoms with E-state index in [9.17, 15) is 22.8 Å². The van der Waals surface area contributed by atoms with Gasteiger partial charge in [-0.1, -0.05) is 167 Å². The van der Waals surface area contributed by atoms with Gasteiger partial charge in [0.05, 0.1) is 38.0 Å². The number of hydrogen-bond donors (Lipinski definition) is 0. The molecule has 7 aromatic rings. The molecule has 0 N–H and O–H groups in total. The van der Waals surface area contributed by atoms with Crippen LogP contribution < -0.4 is 0 Å². The molecule has 0 fully saturated rings. The van der Waals surface area contributed by atoms with Gasteiger partial charge in [-0.15, -0.1) is 0 Å². The largest absolute Gasteiger partial charge is 0.459 e. The average molecular weight is 963 g/mol. The quantitative estimate of drug-likeness (QED) is 0.0216. The van der Waals surface area contributed by atoms with Gasteiger partial charge in [-0.2, -0.15) is 8.42 Å². The lowest BCUT2D eigenvalue weighted by Gasteiger charge is -2.30. The highest BCUT2D eigenvalue weighted by Gasteiger charge is 2.41. The van der Waals surface area contributed by atoms with Gasteiger partial charge < -0.3 is 19.0 Å². The molecular formula is C51H38Cl3NO10S. The molecule has 0 aromatic heterocycles. The molecule has 0 bridgehead atoms. The second kappa shape index (κ2) is 21.9. The summed E-state index contributed by atoms with van der Waals surface area (Å²) in [6, 6.07) is 49.7. The molecule has 0 heterocycles. The van der Waals surface area contributed by atoms with Crippen molar-refractivity contribution in [1.82, 2.24) is 0 Å². The number of esters is 3. The highest BCUT2D eigenvalue weighted by atomic mass is 35.5. The number of carbonyl (C=O) groups is 3. The molecule has 0 spiro atoms. The summed E-state index contributed by atoms with van der Waals surface area (Å²) in [7, 11) is -3.79. The molecule has 66 heavy (non-hydrogen) atoms. The number of ether oxygens (including phenoxy) is 3. The maximum Gasteiger partial charge on any atom is 0.338 e. The van der Waals surface area contributed by atoms with Crippen LogP contribution in [-0.4, -0.2) is 64.6 Å². The number of carbonyl (C=O) groups excluding carboxylic acids is 3. The summed E-state index contributed by atoms with van der Waals surface area (Å²) in [6.45, 7) is -0.900. The van der Waals surface area contributed by atoms with Crippen LogP contribution in [0.4, 0.5) is 0 Å². The van der Waals surface area contributed by atoms with Gasteiger partial charge in [0.15, 0.2) is 18.3 Å². The van der Waals surface area contributed by atoms with Crippen molar-refractivity contribution in [2.45, 2.75) is 23.2 Å². The lowest BCUT2D eigenvalue weighted by molar-refractivity contribution is -0.0685. The Morgan fingerprint density at radius 3 is 1.36 bits per heavy atom. The Bertz CT molecular complexity index is 2920. The first-order valence-corrected chi connectivity index (χ1v) is 22.6. The third kappa shape index (κ3) is 11.9. The van der Waals surface area contributed by atoms with Crippen molar-refractivity contribution in [1.29, 1.82) is 0 Å². The minimum Gasteiger partial charge on any atom is -0.459 e. The zero-order chi connectivity index (χ0) is 46.6.